The van der Waals surface area contributed by atoms with Crippen molar-refractivity contribution in [2.75, 3.05) is 18.4 Å². The van der Waals surface area contributed by atoms with E-state index >= 15 is 0 Å². The lowest BCUT2D eigenvalue weighted by molar-refractivity contribution is 0.0954. The number of allylic oxidation sites excluding steroid dienone is 1. The molecule has 0 amide bonds. The van der Waals surface area contributed by atoms with Gasteiger partial charge in [-0.1, -0.05) is 25.6 Å². The average molecular weight is 296 g/mol. The summed E-state index contributed by atoms with van der Waals surface area (Å²) in [5, 5.41) is 3.27. The lowest BCUT2D eigenvalue weighted by Crippen LogP contribution is -2.23. The van der Waals surface area contributed by atoms with Gasteiger partial charge in [0, 0.05) is 48.9 Å². The van der Waals surface area contributed by atoms with Crippen molar-refractivity contribution in [3.63, 3.8) is 0 Å². The second-order valence-corrected chi connectivity index (χ2v) is 7.33. The zero-order valence-corrected chi connectivity index (χ0v) is 13.3. The van der Waals surface area contributed by atoms with Crippen molar-refractivity contribution in [2.45, 2.75) is 38.6 Å². The molecular formula is C19H24N2O. The smallest absolute Gasteiger partial charge is 0.163 e. The molecule has 2 atom stereocenters. The number of carbonyl (C=O) groups is 1. The number of anilines is 1. The first-order chi connectivity index (χ1) is 10.6. The molecule has 4 rings (SSSR count). The second-order valence-electron chi connectivity index (χ2n) is 7.33. The highest BCUT2D eigenvalue weighted by molar-refractivity contribution is 5.97. The molecule has 116 valence electrons. The van der Waals surface area contributed by atoms with Crippen molar-refractivity contribution in [3.05, 3.63) is 41.6 Å². The third kappa shape index (κ3) is 2.58. The van der Waals surface area contributed by atoms with Crippen molar-refractivity contribution >= 4 is 11.5 Å². The number of rotatable bonds is 4. The minimum atomic E-state index is 0.289. The van der Waals surface area contributed by atoms with E-state index in [0.717, 1.165) is 36.0 Å². The molecule has 1 aliphatic carbocycles. The van der Waals surface area contributed by atoms with Crippen molar-refractivity contribution in [3.8, 4) is 0 Å². The highest BCUT2D eigenvalue weighted by atomic mass is 16.1. The molecule has 1 saturated heterocycles. The van der Waals surface area contributed by atoms with Crippen LogP contribution in [0.2, 0.25) is 0 Å². The van der Waals surface area contributed by atoms with E-state index in [1.807, 2.05) is 12.1 Å². The maximum atomic E-state index is 12.7. The van der Waals surface area contributed by atoms with Crippen molar-refractivity contribution in [2.24, 2.45) is 11.8 Å². The Morgan fingerprint density at radius 3 is 2.95 bits per heavy atom. The van der Waals surface area contributed by atoms with Crippen molar-refractivity contribution in [1.82, 2.24) is 4.90 Å². The van der Waals surface area contributed by atoms with E-state index in [9.17, 15) is 4.79 Å². The quantitative estimate of drug-likeness (QED) is 0.864. The SMILES string of the molecule is C=C1Cc2ccc(C(=O)C[C@@H]3CN(C4CC4)C[C@@H]3C)cc2N1. The lowest BCUT2D eigenvalue weighted by atomic mass is 9.90. The van der Waals surface area contributed by atoms with E-state index in [1.165, 1.54) is 24.9 Å². The molecule has 2 fully saturated rings. The van der Waals surface area contributed by atoms with E-state index in [2.05, 4.69) is 29.8 Å². The molecule has 2 aliphatic heterocycles. The second kappa shape index (κ2) is 5.24. The Labute approximate surface area is 132 Å². The van der Waals surface area contributed by atoms with Crippen molar-refractivity contribution in [1.29, 1.82) is 0 Å². The highest BCUT2D eigenvalue weighted by Gasteiger charge is 2.38. The maximum Gasteiger partial charge on any atom is 0.163 e. The first kappa shape index (κ1) is 14.0. The Kier molecular flexibility index (Phi) is 3.33. The van der Waals surface area contributed by atoms with Gasteiger partial charge in [-0.3, -0.25) is 9.69 Å². The number of nitrogens with one attached hydrogen (secondary N) is 1. The van der Waals surface area contributed by atoms with Gasteiger partial charge in [0.05, 0.1) is 0 Å². The molecule has 22 heavy (non-hydrogen) atoms. The summed E-state index contributed by atoms with van der Waals surface area (Å²) in [7, 11) is 0. The van der Waals surface area contributed by atoms with E-state index in [0.29, 0.717) is 18.3 Å². The van der Waals surface area contributed by atoms with Crippen LogP contribution in [0.25, 0.3) is 0 Å². The molecule has 1 aromatic rings. The summed E-state index contributed by atoms with van der Waals surface area (Å²) in [4.78, 5) is 15.2. The van der Waals surface area contributed by atoms with Gasteiger partial charge in [0.1, 0.15) is 0 Å². The molecule has 3 nitrogen and oxygen atoms in total. The predicted molar refractivity (Wildman–Crippen MR) is 89.1 cm³/mol. The zero-order valence-electron chi connectivity index (χ0n) is 13.3. The van der Waals surface area contributed by atoms with Gasteiger partial charge in [-0.2, -0.15) is 0 Å². The number of hydrogen-bond donors (Lipinski definition) is 1. The van der Waals surface area contributed by atoms with Crippen LogP contribution in [0.1, 0.15) is 42.1 Å². The number of ketones is 1. The Hall–Kier alpha value is -1.61. The summed E-state index contributed by atoms with van der Waals surface area (Å²) in [5.41, 5.74) is 4.17. The van der Waals surface area contributed by atoms with E-state index < -0.39 is 0 Å². The van der Waals surface area contributed by atoms with Gasteiger partial charge in [0.2, 0.25) is 0 Å². The summed E-state index contributed by atoms with van der Waals surface area (Å²) >= 11 is 0. The van der Waals surface area contributed by atoms with E-state index in [4.69, 9.17) is 0 Å². The summed E-state index contributed by atoms with van der Waals surface area (Å²) in [5.74, 6) is 1.44. The molecule has 1 aromatic carbocycles. The fourth-order valence-electron chi connectivity index (χ4n) is 3.92. The van der Waals surface area contributed by atoms with Gasteiger partial charge in [0.15, 0.2) is 5.78 Å². The molecule has 1 saturated carbocycles. The lowest BCUT2D eigenvalue weighted by Gasteiger charge is -2.14. The van der Waals surface area contributed by atoms with Crippen LogP contribution >= 0.6 is 0 Å². The number of fused-ring (bicyclic) bond motifs is 1. The minimum absolute atomic E-state index is 0.289. The number of carbonyl (C=O) groups excluding carboxylic acids is 1. The molecule has 0 spiro atoms. The number of benzene rings is 1. The monoisotopic (exact) mass is 296 g/mol. The highest BCUT2D eigenvalue weighted by Crippen LogP contribution is 2.36. The average Bonchev–Trinajstić information content (AvgIpc) is 3.17. The summed E-state index contributed by atoms with van der Waals surface area (Å²) < 4.78 is 0. The summed E-state index contributed by atoms with van der Waals surface area (Å²) in [6.45, 7) is 8.55. The first-order valence-electron chi connectivity index (χ1n) is 8.45. The van der Waals surface area contributed by atoms with Gasteiger partial charge in [-0.05, 0) is 36.3 Å². The molecule has 0 bridgehead atoms. The first-order valence-corrected chi connectivity index (χ1v) is 8.45. The summed E-state index contributed by atoms with van der Waals surface area (Å²) in [6.07, 6.45) is 4.27. The van der Waals surface area contributed by atoms with E-state index in [-0.39, 0.29) is 5.78 Å². The van der Waals surface area contributed by atoms with E-state index in [1.54, 1.807) is 0 Å². The molecule has 1 N–H and O–H groups in total. The Balaban J connectivity index is 1.44. The molecule has 3 aliphatic rings. The largest absolute Gasteiger partial charge is 0.359 e. The van der Waals surface area contributed by atoms with Gasteiger partial charge in [-0.15, -0.1) is 0 Å². The normalized spacial score (nSPS) is 27.8. The minimum Gasteiger partial charge on any atom is -0.359 e. The van der Waals surface area contributed by atoms with Crippen molar-refractivity contribution < 1.29 is 4.79 Å². The van der Waals surface area contributed by atoms with Crippen LogP contribution < -0.4 is 5.32 Å². The number of likely N-dealkylation sites (tertiary alicyclic amines) is 1. The molecule has 0 radical (unpaired) electrons. The molecule has 3 heteroatoms. The Morgan fingerprint density at radius 1 is 1.36 bits per heavy atom. The van der Waals surface area contributed by atoms with Crippen LogP contribution in [0.4, 0.5) is 5.69 Å². The molecule has 0 unspecified atom stereocenters. The standard InChI is InChI=1S/C19H24N2O/c1-12-10-21(17-5-6-17)11-16(12)9-19(22)15-4-3-14-7-13(2)20-18(14)8-15/h3-4,8,12,16-17,20H,2,5-7,9-11H2,1H3/t12-,16+/m0/s1. The third-order valence-corrected chi connectivity index (χ3v) is 5.45. The maximum absolute atomic E-state index is 12.7. The fourth-order valence-corrected chi connectivity index (χ4v) is 3.92. The van der Waals surface area contributed by atoms with Crippen LogP contribution in [0.3, 0.4) is 0 Å². The van der Waals surface area contributed by atoms with Crippen LogP contribution in [-0.4, -0.2) is 29.8 Å². The third-order valence-electron chi connectivity index (χ3n) is 5.45. The van der Waals surface area contributed by atoms with Crippen LogP contribution in [0.15, 0.2) is 30.5 Å². The van der Waals surface area contributed by atoms with Crippen LogP contribution in [0.5, 0.6) is 0 Å². The van der Waals surface area contributed by atoms with Gasteiger partial charge >= 0.3 is 0 Å². The predicted octanol–water partition coefficient (Wildman–Crippen LogP) is 3.47. The number of hydrogen-bond acceptors (Lipinski definition) is 3. The molecule has 2 heterocycles. The zero-order chi connectivity index (χ0) is 15.3. The van der Waals surface area contributed by atoms with Crippen LogP contribution in [-0.2, 0) is 6.42 Å². The Morgan fingerprint density at radius 2 is 2.18 bits per heavy atom. The Bertz CT molecular complexity index is 632. The van der Waals surface area contributed by atoms with Gasteiger partial charge in [0.25, 0.3) is 0 Å². The number of nitrogens with zero attached hydrogens (tertiary/aromatic N) is 1. The summed E-state index contributed by atoms with van der Waals surface area (Å²) in [6, 6.07) is 6.88. The van der Waals surface area contributed by atoms with Gasteiger partial charge in [-0.25, -0.2) is 0 Å². The fraction of sp³-hybridized carbons (Fsp3) is 0.526. The number of Topliss-reactive ketones (excluding diaryl/α,β-unsaturated/α-hetero) is 1. The molecule has 0 aromatic heterocycles. The van der Waals surface area contributed by atoms with Gasteiger partial charge < -0.3 is 5.32 Å². The topological polar surface area (TPSA) is 32.3 Å². The molecular weight excluding hydrogens is 272 g/mol. The van der Waals surface area contributed by atoms with Crippen LogP contribution in [0, 0.1) is 11.8 Å².